The Labute approximate surface area is 194 Å². The fourth-order valence-corrected chi connectivity index (χ4v) is 3.96. The summed E-state index contributed by atoms with van der Waals surface area (Å²) in [5.41, 5.74) is 11.2. The van der Waals surface area contributed by atoms with E-state index in [-0.39, 0.29) is 11.8 Å². The molecule has 0 spiro atoms. The highest BCUT2D eigenvalue weighted by molar-refractivity contribution is 6.37. The third-order valence-corrected chi connectivity index (χ3v) is 5.62. The van der Waals surface area contributed by atoms with Gasteiger partial charge in [-0.15, -0.1) is 0 Å². The van der Waals surface area contributed by atoms with E-state index in [1.165, 1.54) is 0 Å². The summed E-state index contributed by atoms with van der Waals surface area (Å²) in [4.78, 5) is 27.1. The molecule has 3 aromatic carbocycles. The van der Waals surface area contributed by atoms with Gasteiger partial charge in [-0.2, -0.15) is 0 Å². The molecule has 0 atom stereocenters. The number of rotatable bonds is 8. The Balaban J connectivity index is 1.70. The minimum absolute atomic E-state index is 0.0653. The van der Waals surface area contributed by atoms with Crippen molar-refractivity contribution in [1.29, 1.82) is 0 Å². The number of hydrogen-bond donors (Lipinski definition) is 3. The molecule has 4 rings (SSSR count). The van der Waals surface area contributed by atoms with Gasteiger partial charge in [-0.25, -0.2) is 0 Å². The molecular weight excluding hydrogens is 412 g/mol. The summed E-state index contributed by atoms with van der Waals surface area (Å²) in [6.07, 6.45) is 1.17. The lowest BCUT2D eigenvalue weighted by atomic mass is 10.00. The summed E-state index contributed by atoms with van der Waals surface area (Å²) in [5, 5.41) is 6.41. The molecule has 168 valence electrons. The lowest BCUT2D eigenvalue weighted by Gasteiger charge is -2.23. The van der Waals surface area contributed by atoms with Gasteiger partial charge >= 0.3 is 0 Å². The third-order valence-electron chi connectivity index (χ3n) is 5.62. The molecule has 0 saturated carbocycles. The Morgan fingerprint density at radius 1 is 0.970 bits per heavy atom. The molecular formula is C27H28N4O2. The van der Waals surface area contributed by atoms with Gasteiger partial charge in [0.15, 0.2) is 0 Å². The van der Waals surface area contributed by atoms with E-state index in [9.17, 15) is 9.59 Å². The number of nitrogens with zero attached hydrogens (tertiary/aromatic N) is 1. The monoisotopic (exact) mass is 440 g/mol. The third kappa shape index (κ3) is 4.81. The molecule has 0 unspecified atom stereocenters. The number of hydrogen-bond acceptors (Lipinski definition) is 4. The van der Waals surface area contributed by atoms with Gasteiger partial charge in [0.05, 0.1) is 11.3 Å². The first-order valence-corrected chi connectivity index (χ1v) is 11.2. The summed E-state index contributed by atoms with van der Waals surface area (Å²) < 4.78 is 0. The van der Waals surface area contributed by atoms with E-state index >= 15 is 0 Å². The first-order chi connectivity index (χ1) is 16.1. The second-order valence-corrected chi connectivity index (χ2v) is 7.83. The Morgan fingerprint density at radius 3 is 2.36 bits per heavy atom. The molecule has 0 saturated heterocycles. The van der Waals surface area contributed by atoms with E-state index in [1.807, 2.05) is 85.8 Å². The molecule has 1 aliphatic heterocycles. The summed E-state index contributed by atoms with van der Waals surface area (Å²) >= 11 is 0. The molecule has 3 aromatic rings. The smallest absolute Gasteiger partial charge is 0.258 e. The molecule has 4 N–H and O–H groups in total. The number of carbonyl (C=O) groups is 2. The van der Waals surface area contributed by atoms with Crippen molar-refractivity contribution in [2.24, 2.45) is 5.73 Å². The highest BCUT2D eigenvalue weighted by Crippen LogP contribution is 2.37. The fraction of sp³-hybridized carbons (Fsp3) is 0.185. The van der Waals surface area contributed by atoms with Gasteiger partial charge in [-0.3, -0.25) is 9.59 Å². The van der Waals surface area contributed by atoms with Crippen molar-refractivity contribution >= 4 is 40.1 Å². The fourth-order valence-electron chi connectivity index (χ4n) is 3.96. The second-order valence-electron chi connectivity index (χ2n) is 7.83. The van der Waals surface area contributed by atoms with Crippen LogP contribution in [0.2, 0.25) is 0 Å². The van der Waals surface area contributed by atoms with Crippen molar-refractivity contribution in [2.45, 2.75) is 19.8 Å². The average Bonchev–Trinajstić information content (AvgIpc) is 3.19. The number of fused-ring (bicyclic) bond motifs is 1. The number of carbonyl (C=O) groups excluding carboxylic acids is 2. The van der Waals surface area contributed by atoms with E-state index in [1.54, 1.807) is 4.90 Å². The molecule has 0 aliphatic carbocycles. The predicted octanol–water partition coefficient (Wildman–Crippen LogP) is 4.71. The molecule has 1 heterocycles. The molecule has 6 heteroatoms. The molecule has 2 amide bonds. The van der Waals surface area contributed by atoms with E-state index < -0.39 is 0 Å². The minimum atomic E-state index is -0.138. The number of anilines is 3. The van der Waals surface area contributed by atoms with Crippen LogP contribution >= 0.6 is 0 Å². The molecule has 33 heavy (non-hydrogen) atoms. The predicted molar refractivity (Wildman–Crippen MR) is 135 cm³/mol. The van der Waals surface area contributed by atoms with E-state index in [0.717, 1.165) is 40.3 Å². The number of amides is 2. The van der Waals surface area contributed by atoms with Crippen LogP contribution in [0.3, 0.4) is 0 Å². The average molecular weight is 441 g/mol. The van der Waals surface area contributed by atoms with Gasteiger partial charge in [-0.05, 0) is 48.9 Å². The first kappa shape index (κ1) is 22.3. The Morgan fingerprint density at radius 2 is 1.67 bits per heavy atom. The zero-order valence-corrected chi connectivity index (χ0v) is 18.7. The van der Waals surface area contributed by atoms with Crippen LogP contribution in [0.4, 0.5) is 17.1 Å². The van der Waals surface area contributed by atoms with Gasteiger partial charge in [0.2, 0.25) is 5.91 Å². The van der Waals surface area contributed by atoms with Crippen molar-refractivity contribution in [1.82, 2.24) is 0 Å². The quantitative estimate of drug-likeness (QED) is 0.443. The van der Waals surface area contributed by atoms with Crippen molar-refractivity contribution < 1.29 is 9.59 Å². The van der Waals surface area contributed by atoms with Gasteiger partial charge < -0.3 is 21.3 Å². The number of nitrogens with two attached hydrogens (primary N) is 1. The maximum Gasteiger partial charge on any atom is 0.258 e. The van der Waals surface area contributed by atoms with Crippen LogP contribution in [-0.2, 0) is 9.59 Å². The maximum atomic E-state index is 12.9. The first-order valence-electron chi connectivity index (χ1n) is 11.2. The van der Waals surface area contributed by atoms with Crippen LogP contribution in [0.5, 0.6) is 0 Å². The maximum absolute atomic E-state index is 12.9. The Kier molecular flexibility index (Phi) is 6.86. The summed E-state index contributed by atoms with van der Waals surface area (Å²) in [5.74, 6) is -0.0730. The summed E-state index contributed by atoms with van der Waals surface area (Å²) in [6.45, 7) is 2.98. The van der Waals surface area contributed by atoms with Gasteiger partial charge in [0.25, 0.3) is 5.91 Å². The summed E-state index contributed by atoms with van der Waals surface area (Å²) in [7, 11) is 0. The molecule has 0 radical (unpaired) electrons. The zero-order valence-electron chi connectivity index (χ0n) is 18.7. The van der Waals surface area contributed by atoms with E-state index in [0.29, 0.717) is 25.1 Å². The number of nitrogens with one attached hydrogen (secondary N) is 2. The zero-order chi connectivity index (χ0) is 23.2. The van der Waals surface area contributed by atoms with Crippen LogP contribution in [0.25, 0.3) is 11.3 Å². The highest BCUT2D eigenvalue weighted by Gasteiger charge is 2.28. The molecule has 0 aromatic heterocycles. The van der Waals surface area contributed by atoms with Gasteiger partial charge in [-0.1, -0.05) is 55.5 Å². The highest BCUT2D eigenvalue weighted by atomic mass is 16.2. The van der Waals surface area contributed by atoms with Crippen LogP contribution in [0, 0.1) is 0 Å². The minimum Gasteiger partial charge on any atom is -0.354 e. The summed E-state index contributed by atoms with van der Waals surface area (Å²) in [6, 6.07) is 25.2. The van der Waals surface area contributed by atoms with Crippen molar-refractivity contribution in [3.63, 3.8) is 0 Å². The second kappa shape index (κ2) is 10.1. The number of para-hydroxylation sites is 1. The lowest BCUT2D eigenvalue weighted by molar-refractivity contribution is -0.118. The van der Waals surface area contributed by atoms with Crippen molar-refractivity contribution in [2.75, 3.05) is 28.6 Å². The van der Waals surface area contributed by atoms with E-state index in [2.05, 4.69) is 10.6 Å². The normalized spacial score (nSPS) is 13.8. The molecule has 6 nitrogen and oxygen atoms in total. The van der Waals surface area contributed by atoms with E-state index in [4.69, 9.17) is 5.73 Å². The SMILES string of the molecule is CCC(=O)N(CCCN)c1ccc(NC(=C2C(=O)Nc3ccccc32)c2ccccc2)cc1. The Bertz CT molecular complexity index is 1170. The van der Waals surface area contributed by atoms with Crippen LogP contribution in [0.1, 0.15) is 30.9 Å². The molecule has 0 bridgehead atoms. The largest absolute Gasteiger partial charge is 0.354 e. The number of benzene rings is 3. The Hall–Kier alpha value is -3.90. The van der Waals surface area contributed by atoms with Gasteiger partial charge in [0, 0.05) is 35.6 Å². The molecule has 1 aliphatic rings. The lowest BCUT2D eigenvalue weighted by Crippen LogP contribution is -2.32. The van der Waals surface area contributed by atoms with Crippen molar-refractivity contribution in [3.8, 4) is 0 Å². The van der Waals surface area contributed by atoms with Crippen LogP contribution < -0.4 is 21.3 Å². The van der Waals surface area contributed by atoms with Crippen molar-refractivity contribution in [3.05, 3.63) is 90.0 Å². The van der Waals surface area contributed by atoms with Crippen LogP contribution in [0.15, 0.2) is 78.9 Å². The standard InChI is InChI=1S/C27H28N4O2/c1-2-24(32)31(18-8-17-28)21-15-13-20(14-16-21)29-26(19-9-4-3-5-10-19)25-22-11-6-7-12-23(22)30-27(25)33/h3-7,9-16,29H,2,8,17-18,28H2,1H3,(H,30,33). The van der Waals surface area contributed by atoms with Gasteiger partial charge in [0.1, 0.15) is 0 Å². The topological polar surface area (TPSA) is 87.5 Å². The van der Waals surface area contributed by atoms with Crippen LogP contribution in [-0.4, -0.2) is 24.9 Å². The molecule has 0 fully saturated rings.